The molecule has 12 unspecified atom stereocenters. The maximum atomic E-state index is 15.9. The molecule has 10 nitrogen and oxygen atoms in total. The van der Waals surface area contributed by atoms with Crippen molar-refractivity contribution >= 4 is 15.9 Å². The van der Waals surface area contributed by atoms with Crippen LogP contribution in [0.5, 0.6) is 0 Å². The maximum absolute atomic E-state index is 15.9. The van der Waals surface area contributed by atoms with E-state index in [1.165, 1.54) is 0 Å². The summed E-state index contributed by atoms with van der Waals surface area (Å²) >= 11 is 0. The van der Waals surface area contributed by atoms with E-state index in [9.17, 15) is 18.5 Å². The van der Waals surface area contributed by atoms with Crippen molar-refractivity contribution in [3.8, 4) is 6.07 Å². The molecule has 216 valence electrons. The van der Waals surface area contributed by atoms with Gasteiger partial charge in [0.15, 0.2) is 0 Å². The molecule has 2 aliphatic carbocycles. The second kappa shape index (κ2) is 12.3. The predicted molar refractivity (Wildman–Crippen MR) is 133 cm³/mol. The molecule has 4 aliphatic rings. The molecule has 1 amide bonds. The average Bonchev–Trinajstić information content (AvgIpc) is 3.32. The zero-order chi connectivity index (χ0) is 27.6. The molecule has 2 saturated heterocycles. The van der Waals surface area contributed by atoms with Gasteiger partial charge in [-0.05, 0) is 45.4 Å². The third kappa shape index (κ3) is 5.97. The van der Waals surface area contributed by atoms with Gasteiger partial charge in [0.1, 0.15) is 24.6 Å². The van der Waals surface area contributed by atoms with Crippen LogP contribution in [0.15, 0.2) is 0 Å². The van der Waals surface area contributed by atoms with Gasteiger partial charge in [-0.15, -0.1) is 0 Å². The van der Waals surface area contributed by atoms with Crippen molar-refractivity contribution in [1.82, 2.24) is 26.2 Å². The number of hydrogen-bond donors (Lipinski definition) is 6. The Balaban J connectivity index is 1.42. The van der Waals surface area contributed by atoms with Gasteiger partial charge in [-0.3, -0.25) is 10.2 Å². The van der Waals surface area contributed by atoms with Gasteiger partial charge >= 0.3 is 0 Å². The van der Waals surface area contributed by atoms with E-state index in [4.69, 9.17) is 5.11 Å². The van der Waals surface area contributed by atoms with Crippen molar-refractivity contribution in [1.29, 1.82) is 5.26 Å². The van der Waals surface area contributed by atoms with Gasteiger partial charge in [0.2, 0.25) is 15.9 Å². The lowest BCUT2D eigenvalue weighted by Crippen LogP contribution is -2.59. The number of aliphatic hydroxyl groups is 1. The second-order valence-corrected chi connectivity index (χ2v) is 13.1. The summed E-state index contributed by atoms with van der Waals surface area (Å²) in [6.07, 6.45) is -4.24. The van der Waals surface area contributed by atoms with Crippen LogP contribution in [-0.2, 0) is 14.8 Å². The first kappa shape index (κ1) is 29.5. The molecule has 2 heterocycles. The molecular formula is C24H39F3N6O4S. The number of amides is 1. The summed E-state index contributed by atoms with van der Waals surface area (Å²) < 4.78 is 75.6. The van der Waals surface area contributed by atoms with Crippen LogP contribution in [0.1, 0.15) is 45.4 Å². The zero-order valence-corrected chi connectivity index (χ0v) is 22.3. The highest BCUT2D eigenvalue weighted by atomic mass is 32.2. The highest BCUT2D eigenvalue weighted by Crippen LogP contribution is 2.45. The van der Waals surface area contributed by atoms with E-state index in [0.29, 0.717) is 19.4 Å². The minimum atomic E-state index is -4.04. The lowest BCUT2D eigenvalue weighted by molar-refractivity contribution is -0.124. The first-order chi connectivity index (χ1) is 18.1. The Hall–Kier alpha value is -1.50. The van der Waals surface area contributed by atoms with Crippen molar-refractivity contribution in [3.63, 3.8) is 0 Å². The number of carbonyl (C=O) groups is 1. The first-order valence-corrected chi connectivity index (χ1v) is 15.1. The van der Waals surface area contributed by atoms with Gasteiger partial charge < -0.3 is 15.7 Å². The summed E-state index contributed by atoms with van der Waals surface area (Å²) in [6, 6.07) is -1.06. The van der Waals surface area contributed by atoms with Gasteiger partial charge in [-0.1, -0.05) is 0 Å². The van der Waals surface area contributed by atoms with E-state index in [1.807, 2.05) is 0 Å². The van der Waals surface area contributed by atoms with Crippen LogP contribution in [0.25, 0.3) is 0 Å². The fourth-order valence-electron chi connectivity index (χ4n) is 6.75. The Bertz CT molecular complexity index is 987. The Labute approximate surface area is 221 Å². The third-order valence-corrected chi connectivity index (χ3v) is 10.9. The van der Waals surface area contributed by atoms with Crippen molar-refractivity contribution in [2.45, 2.75) is 93.4 Å². The largest absolute Gasteiger partial charge is 0.396 e. The van der Waals surface area contributed by atoms with Crippen molar-refractivity contribution in [3.05, 3.63) is 0 Å². The van der Waals surface area contributed by atoms with E-state index in [0.717, 1.165) is 0 Å². The van der Waals surface area contributed by atoms with Gasteiger partial charge in [-0.25, -0.2) is 31.7 Å². The average molecular weight is 565 g/mol. The molecule has 0 bridgehead atoms. The number of sulfonamides is 1. The molecule has 0 aromatic carbocycles. The molecule has 6 N–H and O–H groups in total. The summed E-state index contributed by atoms with van der Waals surface area (Å²) in [4.78, 5) is 12.5. The van der Waals surface area contributed by atoms with Crippen LogP contribution in [0.4, 0.5) is 13.2 Å². The van der Waals surface area contributed by atoms with Crippen LogP contribution in [0.2, 0.25) is 0 Å². The van der Waals surface area contributed by atoms with Crippen LogP contribution in [-0.4, -0.2) is 87.1 Å². The Morgan fingerprint density at radius 2 is 1.84 bits per heavy atom. The summed E-state index contributed by atoms with van der Waals surface area (Å²) in [5, 5.41) is 22.9. The van der Waals surface area contributed by atoms with Gasteiger partial charge in [0.05, 0.1) is 29.3 Å². The number of nitrogens with zero attached hydrogens (tertiary/aromatic N) is 1. The van der Waals surface area contributed by atoms with Crippen LogP contribution in [0.3, 0.4) is 0 Å². The number of hydrogen-bond acceptors (Lipinski definition) is 8. The highest BCUT2D eigenvalue weighted by molar-refractivity contribution is 7.90. The molecule has 0 spiro atoms. The Kier molecular flexibility index (Phi) is 9.58. The molecule has 12 atom stereocenters. The Morgan fingerprint density at radius 1 is 1.11 bits per heavy atom. The van der Waals surface area contributed by atoms with Crippen LogP contribution >= 0.6 is 0 Å². The molecular weight excluding hydrogens is 525 g/mol. The van der Waals surface area contributed by atoms with E-state index < -0.39 is 81.6 Å². The van der Waals surface area contributed by atoms with Crippen molar-refractivity contribution in [2.24, 2.45) is 23.7 Å². The molecule has 38 heavy (non-hydrogen) atoms. The quantitative estimate of drug-likeness (QED) is 0.225. The Morgan fingerprint density at radius 3 is 2.55 bits per heavy atom. The SMILES string of the molecule is CC1NCC(C#N)CC1S(=O)(=O)NC1CCC(F)C(C2CCC3C(C(=O)NCCCO)NNC3C2F)C1F. The number of rotatable bonds is 8. The first-order valence-electron chi connectivity index (χ1n) is 13.5. The zero-order valence-electron chi connectivity index (χ0n) is 21.5. The molecule has 2 saturated carbocycles. The molecule has 4 rings (SSSR count). The molecule has 0 radical (unpaired) electrons. The molecule has 2 aliphatic heterocycles. The van der Waals surface area contributed by atoms with Gasteiger partial charge in [-0.2, -0.15) is 5.26 Å². The number of carbonyl (C=O) groups excluding carboxylic acids is 1. The fourth-order valence-corrected chi connectivity index (χ4v) is 8.72. The number of nitriles is 1. The molecule has 14 heteroatoms. The van der Waals surface area contributed by atoms with E-state index in [-0.39, 0.29) is 44.7 Å². The number of halogens is 3. The number of aliphatic hydroxyl groups excluding tert-OH is 1. The molecule has 0 aromatic rings. The van der Waals surface area contributed by atoms with Gasteiger partial charge in [0, 0.05) is 43.5 Å². The van der Waals surface area contributed by atoms with E-state index >= 15 is 13.2 Å². The normalized spacial score (nSPS) is 43.7. The van der Waals surface area contributed by atoms with E-state index in [2.05, 4.69) is 32.3 Å². The summed E-state index contributed by atoms with van der Waals surface area (Å²) in [5.41, 5.74) is 5.63. The number of nitrogens with one attached hydrogen (secondary N) is 5. The van der Waals surface area contributed by atoms with Crippen molar-refractivity contribution < 1.29 is 31.5 Å². The lowest BCUT2D eigenvalue weighted by Gasteiger charge is -2.45. The van der Waals surface area contributed by atoms with Crippen LogP contribution < -0.4 is 26.2 Å². The predicted octanol–water partition coefficient (Wildman–Crippen LogP) is -0.0413. The fraction of sp³-hybridized carbons (Fsp3) is 0.917. The molecule has 4 fully saturated rings. The number of hydrazine groups is 1. The second-order valence-electron chi connectivity index (χ2n) is 11.2. The summed E-state index contributed by atoms with van der Waals surface area (Å²) in [6.45, 7) is 2.29. The highest BCUT2D eigenvalue weighted by Gasteiger charge is 2.55. The van der Waals surface area contributed by atoms with Crippen molar-refractivity contribution in [2.75, 3.05) is 19.7 Å². The minimum absolute atomic E-state index is 0.0418. The molecule has 0 aromatic heterocycles. The van der Waals surface area contributed by atoms with Crippen LogP contribution in [0, 0.1) is 35.0 Å². The lowest BCUT2D eigenvalue weighted by atomic mass is 9.65. The standard InChI is InChI=1S/C24H39F3N6O4S/c1-12-18(9-13(10-28)11-30-12)38(36,37)33-17-6-5-16(25)19(21(17)27)14-3-4-15-22(20(14)26)31-32-23(15)24(35)29-7-2-8-34/h12-23,30-34H,2-9,11H2,1H3,(H,29,35). The monoisotopic (exact) mass is 564 g/mol. The summed E-state index contributed by atoms with van der Waals surface area (Å²) in [5.74, 6) is -3.51. The maximum Gasteiger partial charge on any atom is 0.238 e. The number of alkyl halides is 3. The smallest absolute Gasteiger partial charge is 0.238 e. The number of fused-ring (bicyclic) bond motifs is 1. The van der Waals surface area contributed by atoms with E-state index in [1.54, 1.807) is 6.92 Å². The number of piperidine rings is 1. The summed E-state index contributed by atoms with van der Waals surface area (Å²) in [7, 11) is -4.04. The van der Waals surface area contributed by atoms with Gasteiger partial charge in [0.25, 0.3) is 0 Å². The third-order valence-electron chi connectivity index (χ3n) is 8.87. The minimum Gasteiger partial charge on any atom is -0.396 e. The topological polar surface area (TPSA) is 155 Å².